The third kappa shape index (κ3) is 29.3. The van der Waals surface area contributed by atoms with E-state index >= 15 is 0 Å². The van der Waals surface area contributed by atoms with Gasteiger partial charge in [0.15, 0.2) is 0 Å². The van der Waals surface area contributed by atoms with Crippen LogP contribution in [0.3, 0.4) is 0 Å². The first-order valence-corrected chi connectivity index (χ1v) is 46.1. The second-order valence-electron chi connectivity index (χ2n) is 34.8. The van der Waals surface area contributed by atoms with Crippen molar-refractivity contribution in [2.24, 2.45) is 0 Å². The molecule has 11 aromatic carbocycles. The zero-order chi connectivity index (χ0) is 100. The van der Waals surface area contributed by atoms with Crippen LogP contribution in [-0.4, -0.2) is 97.9 Å². The van der Waals surface area contributed by atoms with Crippen molar-refractivity contribution >= 4 is 39.8 Å². The Bertz CT molecular complexity index is 7200. The van der Waals surface area contributed by atoms with Gasteiger partial charge >= 0.3 is 0 Å². The molecule has 2 saturated heterocycles. The fraction of sp³-hybridized carbons (Fsp3) is 0.136. The van der Waals surface area contributed by atoms with Crippen LogP contribution in [0.15, 0.2) is 328 Å². The van der Waals surface area contributed by atoms with Crippen molar-refractivity contribution in [1.29, 1.82) is 0 Å². The van der Waals surface area contributed by atoms with Gasteiger partial charge in [-0.15, -0.1) is 95.8 Å². The summed E-state index contributed by atoms with van der Waals surface area (Å²) in [5, 5.41) is 0. The molecule has 0 N–H and O–H groups in total. The van der Waals surface area contributed by atoms with Crippen LogP contribution < -0.4 is 34.3 Å². The van der Waals surface area contributed by atoms with Crippen LogP contribution in [0.5, 0.6) is 0 Å². The van der Waals surface area contributed by atoms with E-state index in [2.05, 4.69) is 132 Å². The van der Waals surface area contributed by atoms with E-state index in [0.29, 0.717) is 40.6 Å². The standard InChI is InChI=1S/C26H16F2N3.C25H23F2N4.C23H20F2N3.C22H18F2N3.C22H16F2N3.5Pt/c27-19-13-14-21(23(28)17-19)24-10-6-11-25(29-24)22-9-4-5-12-26(22)31-16-15-30(18-31)20-7-2-1-3-8-20;1-25(2,31-13-12-30(17-31)19-8-6-5-7-9-19)24-16-20(29(3)4)15-23(28-24)21-11-10-18(26)14-22(21)27;1-23(2,28-14-13-27(16-28)18-7-4-3-5-8-18)22-10-6-9-21(26-22)19-12-11-17(24)15-20(19)25;2*23-17-9-10-20(21(24)15-17)22-8-4-5-18(25-22)11-12-26-13-14-27(16-26)19-6-2-1-3-7-19;;;;;/h1-7,9-13,15-18H;5-8,10,12-17H,1-4H3;3-7,9-11,15-16H,13-14H2,1-2H3;1-6,8-9,15-16H,11-14H2;1-6,8-9,13-16H,11-12H2;;;;;/q5*-3;;;;;. The molecule has 0 bridgehead atoms. The van der Waals surface area contributed by atoms with Gasteiger partial charge in [-0.2, -0.15) is 178 Å². The number of aromatic nitrogens is 5. The number of nitrogens with zero attached hydrogens (tertiary/aromatic N) is 16. The summed E-state index contributed by atoms with van der Waals surface area (Å²) in [7, 11) is 3.82. The first-order valence-electron chi connectivity index (χ1n) is 46.1. The number of hydrogen-bond donors (Lipinski definition) is 0. The summed E-state index contributed by atoms with van der Waals surface area (Å²) in [5.74, 6) is -6.63. The van der Waals surface area contributed by atoms with Crippen LogP contribution in [0.2, 0.25) is 0 Å². The molecule has 780 valence electrons. The number of anilines is 7. The van der Waals surface area contributed by atoms with Crippen molar-refractivity contribution in [1.82, 2.24) is 44.5 Å². The predicted molar refractivity (Wildman–Crippen MR) is 542 cm³/mol. The maximum absolute atomic E-state index is 14.5. The van der Waals surface area contributed by atoms with Crippen molar-refractivity contribution in [3.05, 3.63) is 503 Å². The van der Waals surface area contributed by atoms with Crippen LogP contribution in [0, 0.1) is 152 Å². The van der Waals surface area contributed by atoms with Gasteiger partial charge in [-0.05, 0) is 175 Å². The van der Waals surface area contributed by atoms with Crippen LogP contribution in [0.4, 0.5) is 83.7 Å². The minimum absolute atomic E-state index is 0. The summed E-state index contributed by atoms with van der Waals surface area (Å²) in [4.78, 5) is 45.8. The molecular formula is C118H93F10N16Pt5-15. The van der Waals surface area contributed by atoms with Gasteiger partial charge in [-0.25, -0.2) is 0 Å². The molecule has 0 saturated carbocycles. The first kappa shape index (κ1) is 115. The van der Waals surface area contributed by atoms with Crippen LogP contribution in [-0.2, 0) is 129 Å². The molecule has 149 heavy (non-hydrogen) atoms. The molecule has 0 unspecified atom stereocenters. The molecule has 21 rings (SSSR count). The minimum atomic E-state index is -0.691. The number of benzene rings is 11. The average Bonchev–Trinajstić information content (AvgIpc) is 1.64. The van der Waals surface area contributed by atoms with E-state index in [1.807, 2.05) is 309 Å². The van der Waals surface area contributed by atoms with E-state index in [1.54, 1.807) is 36.4 Å². The number of halogens is 10. The summed E-state index contributed by atoms with van der Waals surface area (Å²) in [5.41, 5.74) is 13.5. The fourth-order valence-electron chi connectivity index (χ4n) is 16.2. The zero-order valence-electron chi connectivity index (χ0n) is 80.7. The molecule has 31 heteroatoms. The Morgan fingerprint density at radius 2 is 0.691 bits per heavy atom. The molecule has 0 amide bonds. The summed E-state index contributed by atoms with van der Waals surface area (Å²) >= 11 is 0. The molecule has 0 spiro atoms. The third-order valence-corrected chi connectivity index (χ3v) is 24.0. The van der Waals surface area contributed by atoms with E-state index in [-0.39, 0.29) is 133 Å². The van der Waals surface area contributed by atoms with Crippen LogP contribution in [0.25, 0.3) is 67.5 Å². The Morgan fingerprint density at radius 1 is 0.309 bits per heavy atom. The van der Waals surface area contributed by atoms with E-state index < -0.39 is 69.3 Å². The second kappa shape index (κ2) is 53.6. The smallest absolute Gasteiger partial charge is 0.0615 e. The number of hydrogen-bond acceptors (Lipinski definition) is 16. The summed E-state index contributed by atoms with van der Waals surface area (Å²) in [6.07, 6.45) is 13.2. The first-order chi connectivity index (χ1) is 69.8. The zero-order valence-corrected chi connectivity index (χ0v) is 92.1. The third-order valence-electron chi connectivity index (χ3n) is 24.0. The van der Waals surface area contributed by atoms with Gasteiger partial charge in [0.05, 0.1) is 11.4 Å². The van der Waals surface area contributed by atoms with Gasteiger partial charge in [0.1, 0.15) is 0 Å². The minimum Gasteiger partial charge on any atom is -0.528 e. The van der Waals surface area contributed by atoms with Crippen molar-refractivity contribution in [3.63, 3.8) is 0 Å². The van der Waals surface area contributed by atoms with Gasteiger partial charge in [0.2, 0.25) is 0 Å². The van der Waals surface area contributed by atoms with E-state index in [4.69, 9.17) is 4.98 Å². The molecule has 0 aliphatic carbocycles. The Morgan fingerprint density at radius 3 is 1.17 bits per heavy atom. The van der Waals surface area contributed by atoms with Gasteiger partial charge in [0, 0.05) is 229 Å². The van der Waals surface area contributed by atoms with E-state index in [0.717, 1.165) is 175 Å². The van der Waals surface area contributed by atoms with Crippen molar-refractivity contribution in [2.75, 3.05) is 87.7 Å². The largest absolute Gasteiger partial charge is 0.528 e. The Hall–Kier alpha value is -12.7. The average molecular weight is 2900 g/mol. The van der Waals surface area contributed by atoms with Gasteiger partial charge < -0.3 is 63.9 Å². The second-order valence-corrected chi connectivity index (χ2v) is 34.8. The summed E-state index contributed by atoms with van der Waals surface area (Å²) < 4.78 is 137. The molecule has 10 heterocycles. The quantitative estimate of drug-likeness (QED) is 0.0448. The molecule has 16 aromatic rings. The molecule has 5 aliphatic rings. The van der Waals surface area contributed by atoms with E-state index in [9.17, 15) is 43.9 Å². The molecule has 16 nitrogen and oxygen atoms in total. The molecule has 0 radical (unpaired) electrons. The van der Waals surface area contributed by atoms with Crippen LogP contribution in [0.1, 0.15) is 50.5 Å². The van der Waals surface area contributed by atoms with Gasteiger partial charge in [-0.1, -0.05) is 131 Å². The topological polar surface area (TPSA) is 100 Å². The fourth-order valence-corrected chi connectivity index (χ4v) is 16.2. The maximum atomic E-state index is 14.5. The molecule has 2 fully saturated rings. The molecular weight excluding hydrogens is 2810 g/mol. The SMILES string of the molecule is CC(C)(c1cccc(-c2[c-]cc(F)cc2F)n1)N1[CH-]N(c2[c-]cccc2)CC1.CN(C)c1cc(-c2[c-]cc(F)cc2F)nc(C(C)(C)N2C=CN(c3[c-]cccc3)[CH-]2)c1.Fc1c[c-]c(-c2cccc(-c3ccccc3N3C=CN(c4[c-]cccc4)[CH-]3)n2)c(F)c1.Fc1c[c-]c(-c2cccc(CCN3C=CN(c4[c-]cccc4)[CH-]3)n2)c(F)c1.Fc1c[c-]c(-c2cccc(CCN3[CH-]N(c4[c-]cccc4)CC3)n2)c(F)c1.[Pt].[Pt].[Pt].[Pt].[Pt]. The molecule has 0 atom stereocenters. The normalized spacial score (nSPS) is 13.5. The predicted octanol–water partition coefficient (Wildman–Crippen LogP) is 25.0. The maximum Gasteiger partial charge on any atom is 0.0615 e. The number of pyridine rings is 5. The number of rotatable bonds is 23. The van der Waals surface area contributed by atoms with Crippen molar-refractivity contribution < 1.29 is 149 Å². The Kier molecular flexibility index (Phi) is 41.4. The summed E-state index contributed by atoms with van der Waals surface area (Å²) in [6.45, 7) is 23.4. The van der Waals surface area contributed by atoms with Crippen molar-refractivity contribution in [3.8, 4) is 67.5 Å². The Balaban J connectivity index is 0.000000164. The molecule has 5 aliphatic heterocycles. The van der Waals surface area contributed by atoms with Gasteiger partial charge in [0.25, 0.3) is 0 Å². The molecule has 5 aromatic heterocycles. The Labute approximate surface area is 935 Å². The van der Waals surface area contributed by atoms with Crippen LogP contribution >= 0.6 is 0 Å². The van der Waals surface area contributed by atoms with Crippen molar-refractivity contribution in [2.45, 2.75) is 51.6 Å². The number of para-hydroxylation sites is 6. The van der Waals surface area contributed by atoms with E-state index in [1.165, 1.54) is 0 Å². The monoisotopic (exact) mass is 2900 g/mol. The summed E-state index contributed by atoms with van der Waals surface area (Å²) in [6, 6.07) is 111. The van der Waals surface area contributed by atoms with Gasteiger partial charge in [-0.3, -0.25) is 58.9 Å².